The summed E-state index contributed by atoms with van der Waals surface area (Å²) in [5.74, 6) is -0.481. The Hall–Kier alpha value is -3.09. The molecule has 0 saturated heterocycles. The minimum absolute atomic E-state index is 0.0256. The first kappa shape index (κ1) is 20.2. The van der Waals surface area contributed by atoms with Crippen molar-refractivity contribution in [1.82, 2.24) is 9.78 Å². The molecule has 3 aromatic carbocycles. The Morgan fingerprint density at radius 1 is 0.967 bits per heavy atom. The van der Waals surface area contributed by atoms with Crippen molar-refractivity contribution in [3.63, 3.8) is 0 Å². The van der Waals surface area contributed by atoms with Crippen LogP contribution in [0.5, 0.6) is 5.75 Å². The maximum atomic E-state index is 13.2. The van der Waals surface area contributed by atoms with E-state index in [-0.39, 0.29) is 16.5 Å². The lowest BCUT2D eigenvalue weighted by molar-refractivity contribution is -0.147. The Labute approximate surface area is 181 Å². The third kappa shape index (κ3) is 3.38. The average molecular weight is 443 g/mol. The Morgan fingerprint density at radius 3 is 2.03 bits per heavy atom. The van der Waals surface area contributed by atoms with E-state index >= 15 is 0 Å². The molecule has 0 saturated carbocycles. The molecular formula is C22H16Cl2N2O4. The molecule has 6 nitrogen and oxygen atoms in total. The summed E-state index contributed by atoms with van der Waals surface area (Å²) in [4.78, 5) is 24.4. The number of halogens is 2. The van der Waals surface area contributed by atoms with Gasteiger partial charge in [-0.1, -0.05) is 71.7 Å². The van der Waals surface area contributed by atoms with Gasteiger partial charge >= 0.3 is 5.97 Å². The second-order valence-electron chi connectivity index (χ2n) is 6.60. The van der Waals surface area contributed by atoms with Crippen LogP contribution < -0.4 is 10.3 Å². The Kier molecular flexibility index (Phi) is 5.37. The first-order valence-electron chi connectivity index (χ1n) is 9.02. The molecule has 0 aliphatic heterocycles. The minimum Gasteiger partial charge on any atom is -0.453 e. The van der Waals surface area contributed by atoms with Crippen molar-refractivity contribution in [1.29, 1.82) is 0 Å². The van der Waals surface area contributed by atoms with E-state index in [2.05, 4.69) is 5.10 Å². The van der Waals surface area contributed by atoms with E-state index in [4.69, 9.17) is 32.7 Å². The second-order valence-corrected chi connectivity index (χ2v) is 7.34. The molecule has 8 heteroatoms. The number of carbonyl (C=O) groups is 1. The van der Waals surface area contributed by atoms with Crippen LogP contribution in [-0.2, 0) is 16.6 Å². The number of fused-ring (bicyclic) bond motifs is 2. The first-order chi connectivity index (χ1) is 14.4. The van der Waals surface area contributed by atoms with Gasteiger partial charge in [-0.05, 0) is 10.8 Å². The van der Waals surface area contributed by atoms with Crippen LogP contribution >= 0.6 is 23.2 Å². The Balaban J connectivity index is 2.13. The molecule has 0 aliphatic carbocycles. The lowest BCUT2D eigenvalue weighted by Crippen LogP contribution is -2.23. The molecule has 0 amide bonds. The molecular weight excluding hydrogens is 427 g/mol. The molecule has 4 rings (SSSR count). The van der Waals surface area contributed by atoms with Crippen LogP contribution in [0.1, 0.15) is 6.92 Å². The fourth-order valence-electron chi connectivity index (χ4n) is 3.45. The molecule has 1 heterocycles. The summed E-state index contributed by atoms with van der Waals surface area (Å²) in [6.07, 6.45) is 0. The molecule has 0 spiro atoms. The van der Waals surface area contributed by atoms with E-state index in [0.29, 0.717) is 10.6 Å². The number of hydrogen-bond acceptors (Lipinski definition) is 5. The quantitative estimate of drug-likeness (QED) is 0.253. The highest BCUT2D eigenvalue weighted by molar-refractivity contribution is 6.42. The summed E-state index contributed by atoms with van der Waals surface area (Å²) in [6, 6.07) is 15.0. The van der Waals surface area contributed by atoms with Crippen molar-refractivity contribution >= 4 is 50.7 Å². The molecule has 0 bridgehead atoms. The molecule has 0 fully saturated rings. The number of ether oxygens (including phenoxy) is 2. The summed E-state index contributed by atoms with van der Waals surface area (Å²) in [5.41, 5.74) is 0.428. The Morgan fingerprint density at radius 2 is 1.50 bits per heavy atom. The van der Waals surface area contributed by atoms with Gasteiger partial charge in [0.1, 0.15) is 0 Å². The third-order valence-corrected chi connectivity index (χ3v) is 5.40. The van der Waals surface area contributed by atoms with E-state index in [9.17, 15) is 9.59 Å². The topological polar surface area (TPSA) is 70.4 Å². The summed E-state index contributed by atoms with van der Waals surface area (Å²) in [6.45, 7) is 0.856. The minimum atomic E-state index is -0.521. The van der Waals surface area contributed by atoms with Gasteiger partial charge in [0.25, 0.3) is 5.56 Å². The van der Waals surface area contributed by atoms with Gasteiger partial charge in [-0.3, -0.25) is 9.59 Å². The van der Waals surface area contributed by atoms with Gasteiger partial charge in [-0.25, -0.2) is 4.68 Å². The van der Waals surface area contributed by atoms with E-state index in [1.807, 2.05) is 48.5 Å². The number of carbonyl (C=O) groups excluding carboxylic acids is 1. The van der Waals surface area contributed by atoms with Crippen LogP contribution in [-0.4, -0.2) is 22.5 Å². The molecule has 0 N–H and O–H groups in total. The number of rotatable bonds is 4. The van der Waals surface area contributed by atoms with Gasteiger partial charge in [0.05, 0.1) is 10.6 Å². The number of esters is 1. The number of benzene rings is 3. The van der Waals surface area contributed by atoms with Crippen molar-refractivity contribution in [3.05, 3.63) is 69.1 Å². The van der Waals surface area contributed by atoms with Gasteiger partial charge in [-0.15, -0.1) is 0 Å². The lowest BCUT2D eigenvalue weighted by atomic mass is 9.92. The molecule has 1 aromatic heterocycles. The zero-order valence-corrected chi connectivity index (χ0v) is 17.6. The molecule has 0 unspecified atom stereocenters. The maximum absolute atomic E-state index is 13.2. The van der Waals surface area contributed by atoms with Gasteiger partial charge in [0, 0.05) is 30.3 Å². The second kappa shape index (κ2) is 7.97. The smallest absolute Gasteiger partial charge is 0.305 e. The molecule has 0 radical (unpaired) electrons. The molecule has 4 aromatic rings. The van der Waals surface area contributed by atoms with Gasteiger partial charge in [0.15, 0.2) is 10.9 Å². The van der Waals surface area contributed by atoms with Gasteiger partial charge in [0.2, 0.25) is 6.79 Å². The highest BCUT2D eigenvalue weighted by Crippen LogP contribution is 2.44. The number of nitrogens with zero attached hydrogens (tertiary/aromatic N) is 2. The average Bonchev–Trinajstić information content (AvgIpc) is 2.73. The van der Waals surface area contributed by atoms with E-state index in [1.54, 1.807) is 0 Å². The zero-order valence-electron chi connectivity index (χ0n) is 16.1. The monoisotopic (exact) mass is 442 g/mol. The van der Waals surface area contributed by atoms with Crippen molar-refractivity contribution in [3.8, 4) is 16.9 Å². The normalized spacial score (nSPS) is 11.1. The van der Waals surface area contributed by atoms with Crippen LogP contribution in [0.3, 0.4) is 0 Å². The number of aromatic nitrogens is 2. The summed E-state index contributed by atoms with van der Waals surface area (Å²) in [5, 5.41) is 7.67. The Bertz CT molecular complexity index is 1310. The standard InChI is InChI=1S/C22H16Cl2N2O4/c1-12(27)29-11-30-20-18(22(28)26(2)25-21(20)24)17-13-7-3-5-9-15(13)19(23)16-10-6-4-8-14(16)17/h3-10H,11H2,1-2H3. The van der Waals surface area contributed by atoms with Crippen LogP contribution in [0.2, 0.25) is 10.2 Å². The van der Waals surface area contributed by atoms with Crippen LogP contribution in [0.25, 0.3) is 32.7 Å². The van der Waals surface area contributed by atoms with E-state index in [1.165, 1.54) is 14.0 Å². The summed E-state index contributed by atoms with van der Waals surface area (Å²) in [7, 11) is 1.51. The largest absolute Gasteiger partial charge is 0.453 e. The maximum Gasteiger partial charge on any atom is 0.305 e. The number of hydrogen-bond donors (Lipinski definition) is 0. The lowest BCUT2D eigenvalue weighted by Gasteiger charge is -2.17. The van der Waals surface area contributed by atoms with Crippen LogP contribution in [0.4, 0.5) is 0 Å². The SMILES string of the molecule is CC(=O)OCOc1c(Cl)nn(C)c(=O)c1-c1c2ccccc2c(Cl)c2ccccc12. The zero-order chi connectivity index (χ0) is 21.4. The van der Waals surface area contributed by atoms with Gasteiger partial charge in [-0.2, -0.15) is 5.10 Å². The van der Waals surface area contributed by atoms with E-state index in [0.717, 1.165) is 26.2 Å². The predicted molar refractivity (Wildman–Crippen MR) is 117 cm³/mol. The van der Waals surface area contributed by atoms with Crippen molar-refractivity contribution in [2.45, 2.75) is 6.92 Å². The van der Waals surface area contributed by atoms with Crippen molar-refractivity contribution in [2.24, 2.45) is 7.05 Å². The first-order valence-corrected chi connectivity index (χ1v) is 9.78. The highest BCUT2D eigenvalue weighted by atomic mass is 35.5. The summed E-state index contributed by atoms with van der Waals surface area (Å²) < 4.78 is 11.6. The molecule has 0 atom stereocenters. The fourth-order valence-corrected chi connectivity index (χ4v) is 4.04. The number of aryl methyl sites for hydroxylation is 1. The predicted octanol–water partition coefficient (Wildman–Crippen LogP) is 4.96. The van der Waals surface area contributed by atoms with Crippen LogP contribution in [0, 0.1) is 0 Å². The molecule has 152 valence electrons. The molecule has 0 aliphatic rings. The summed E-state index contributed by atoms with van der Waals surface area (Å²) >= 11 is 13.0. The van der Waals surface area contributed by atoms with Crippen LogP contribution in [0.15, 0.2) is 53.3 Å². The third-order valence-electron chi connectivity index (χ3n) is 4.74. The van der Waals surface area contributed by atoms with Gasteiger partial charge < -0.3 is 9.47 Å². The van der Waals surface area contributed by atoms with Crippen molar-refractivity contribution < 1.29 is 14.3 Å². The van der Waals surface area contributed by atoms with E-state index < -0.39 is 18.3 Å². The highest BCUT2D eigenvalue weighted by Gasteiger charge is 2.24. The molecule has 30 heavy (non-hydrogen) atoms. The fraction of sp³-hybridized carbons (Fsp3) is 0.136. The van der Waals surface area contributed by atoms with Crippen molar-refractivity contribution in [2.75, 3.05) is 6.79 Å².